The maximum atomic E-state index is 11.6. The molecule has 110 valence electrons. The van der Waals surface area contributed by atoms with Crippen LogP contribution in [0.2, 0.25) is 0 Å². The van der Waals surface area contributed by atoms with Gasteiger partial charge in [-0.2, -0.15) is 0 Å². The molecule has 2 aromatic carbocycles. The second-order valence-corrected chi connectivity index (χ2v) is 4.89. The van der Waals surface area contributed by atoms with Gasteiger partial charge >= 0.3 is 6.03 Å². The van der Waals surface area contributed by atoms with Gasteiger partial charge in [0.05, 0.1) is 6.10 Å². The van der Waals surface area contributed by atoms with E-state index in [1.165, 1.54) is 0 Å². The van der Waals surface area contributed by atoms with Crippen molar-refractivity contribution in [2.45, 2.75) is 19.1 Å². The molecule has 3 N–H and O–H groups in total. The molecule has 0 saturated heterocycles. The summed E-state index contributed by atoms with van der Waals surface area (Å²) >= 11 is 0. The minimum Gasteiger partial charge on any atom is -0.391 e. The van der Waals surface area contributed by atoms with Gasteiger partial charge in [0.2, 0.25) is 0 Å². The number of hydrogen-bond donors (Lipinski definition) is 3. The number of carbonyl (C=O) groups excluding carboxylic acids is 1. The van der Waals surface area contributed by atoms with Crippen molar-refractivity contribution in [3.63, 3.8) is 0 Å². The van der Waals surface area contributed by atoms with Crippen molar-refractivity contribution in [3.05, 3.63) is 71.8 Å². The molecule has 0 bridgehead atoms. The number of amides is 2. The number of benzene rings is 2. The molecule has 4 heteroatoms. The summed E-state index contributed by atoms with van der Waals surface area (Å²) in [5, 5.41) is 15.3. The molecule has 2 aromatic rings. The third-order valence-electron chi connectivity index (χ3n) is 3.11. The Morgan fingerprint density at radius 2 is 1.48 bits per heavy atom. The predicted molar refractivity (Wildman–Crippen MR) is 82.8 cm³/mol. The molecule has 0 saturated carbocycles. The molecule has 0 radical (unpaired) electrons. The minimum atomic E-state index is -0.588. The molecule has 21 heavy (non-hydrogen) atoms. The summed E-state index contributed by atoms with van der Waals surface area (Å²) in [7, 11) is 0. The molecule has 2 amide bonds. The first kappa shape index (κ1) is 15.1. The van der Waals surface area contributed by atoms with Crippen LogP contribution < -0.4 is 10.6 Å². The number of nitrogens with one attached hydrogen (secondary N) is 2. The molecule has 1 atom stereocenters. The van der Waals surface area contributed by atoms with Crippen LogP contribution in [0.1, 0.15) is 11.1 Å². The Bertz CT molecular complexity index is 543. The summed E-state index contributed by atoms with van der Waals surface area (Å²) in [6.45, 7) is 0.705. The zero-order valence-electron chi connectivity index (χ0n) is 11.8. The maximum Gasteiger partial charge on any atom is 0.315 e. The number of rotatable bonds is 6. The Balaban J connectivity index is 1.66. The number of aliphatic hydroxyl groups excluding tert-OH is 1. The van der Waals surface area contributed by atoms with Gasteiger partial charge in [0.25, 0.3) is 0 Å². The second-order valence-electron chi connectivity index (χ2n) is 4.89. The smallest absolute Gasteiger partial charge is 0.315 e. The van der Waals surface area contributed by atoms with Gasteiger partial charge < -0.3 is 15.7 Å². The van der Waals surface area contributed by atoms with Crippen LogP contribution >= 0.6 is 0 Å². The Kier molecular flexibility index (Phi) is 5.79. The van der Waals surface area contributed by atoms with Crippen molar-refractivity contribution in [2.24, 2.45) is 0 Å². The van der Waals surface area contributed by atoms with Crippen molar-refractivity contribution in [1.29, 1.82) is 0 Å². The normalized spacial score (nSPS) is 11.7. The molecule has 2 rings (SSSR count). The van der Waals surface area contributed by atoms with E-state index in [-0.39, 0.29) is 12.6 Å². The third kappa shape index (κ3) is 5.67. The zero-order chi connectivity index (χ0) is 14.9. The van der Waals surface area contributed by atoms with E-state index in [2.05, 4.69) is 10.6 Å². The molecule has 0 unspecified atom stereocenters. The summed E-state index contributed by atoms with van der Waals surface area (Å²) in [4.78, 5) is 11.6. The lowest BCUT2D eigenvalue weighted by Crippen LogP contribution is -2.39. The SMILES string of the molecule is O=C(NCc1ccccc1)NC[C@H](O)Cc1ccccc1. The molecule has 4 nitrogen and oxygen atoms in total. The lowest BCUT2D eigenvalue weighted by atomic mass is 10.1. The van der Waals surface area contributed by atoms with Gasteiger partial charge in [0.1, 0.15) is 0 Å². The van der Waals surface area contributed by atoms with E-state index < -0.39 is 6.10 Å². The molecule has 0 heterocycles. The lowest BCUT2D eigenvalue weighted by Gasteiger charge is -2.12. The summed E-state index contributed by atoms with van der Waals surface area (Å²) < 4.78 is 0. The predicted octanol–water partition coefficient (Wildman–Crippen LogP) is 2.09. The molecular weight excluding hydrogens is 264 g/mol. The summed E-state index contributed by atoms with van der Waals surface area (Å²) in [6, 6.07) is 19.1. The molecule has 0 aliphatic carbocycles. The highest BCUT2D eigenvalue weighted by Crippen LogP contribution is 2.02. The Morgan fingerprint density at radius 3 is 2.10 bits per heavy atom. The minimum absolute atomic E-state index is 0.232. The van der Waals surface area contributed by atoms with Crippen LogP contribution in [-0.4, -0.2) is 23.8 Å². The fraction of sp³-hybridized carbons (Fsp3) is 0.235. The molecule has 0 spiro atoms. The standard InChI is InChI=1S/C17H20N2O2/c20-16(11-14-7-3-1-4-8-14)13-19-17(21)18-12-15-9-5-2-6-10-15/h1-10,16,20H,11-13H2,(H2,18,19,21)/t16-/m1/s1. The van der Waals surface area contributed by atoms with E-state index >= 15 is 0 Å². The number of carbonyl (C=O) groups is 1. The van der Waals surface area contributed by atoms with Crippen LogP contribution in [0.5, 0.6) is 0 Å². The van der Waals surface area contributed by atoms with E-state index in [9.17, 15) is 9.90 Å². The third-order valence-corrected chi connectivity index (χ3v) is 3.11. The Morgan fingerprint density at radius 1 is 0.905 bits per heavy atom. The van der Waals surface area contributed by atoms with Crippen LogP contribution in [0.25, 0.3) is 0 Å². The van der Waals surface area contributed by atoms with Gasteiger partial charge in [-0.25, -0.2) is 4.79 Å². The fourth-order valence-electron chi connectivity index (χ4n) is 2.01. The van der Waals surface area contributed by atoms with E-state index in [0.717, 1.165) is 11.1 Å². The van der Waals surface area contributed by atoms with Gasteiger partial charge in [0.15, 0.2) is 0 Å². The average Bonchev–Trinajstić information content (AvgIpc) is 2.53. The Hall–Kier alpha value is -2.33. The zero-order valence-corrected chi connectivity index (χ0v) is 11.8. The first-order valence-corrected chi connectivity index (χ1v) is 7.01. The number of aliphatic hydroxyl groups is 1. The van der Waals surface area contributed by atoms with Crippen LogP contribution in [0.15, 0.2) is 60.7 Å². The van der Waals surface area contributed by atoms with Gasteiger partial charge in [-0.05, 0) is 11.1 Å². The Labute approximate surface area is 124 Å². The monoisotopic (exact) mass is 284 g/mol. The van der Waals surface area contributed by atoms with Crippen molar-refractivity contribution >= 4 is 6.03 Å². The van der Waals surface area contributed by atoms with Crippen LogP contribution in [0, 0.1) is 0 Å². The topological polar surface area (TPSA) is 61.4 Å². The quantitative estimate of drug-likeness (QED) is 0.760. The van der Waals surface area contributed by atoms with E-state index in [4.69, 9.17) is 0 Å². The average molecular weight is 284 g/mol. The second kappa shape index (κ2) is 8.07. The maximum absolute atomic E-state index is 11.6. The van der Waals surface area contributed by atoms with Gasteiger partial charge in [-0.3, -0.25) is 0 Å². The summed E-state index contributed by atoms with van der Waals surface area (Å²) in [6.07, 6.45) is -0.0605. The molecule has 0 fully saturated rings. The first-order valence-electron chi connectivity index (χ1n) is 7.01. The van der Waals surface area contributed by atoms with Crippen LogP contribution in [0.3, 0.4) is 0 Å². The summed E-state index contributed by atoms with van der Waals surface area (Å²) in [5.74, 6) is 0. The van der Waals surface area contributed by atoms with Crippen molar-refractivity contribution < 1.29 is 9.90 Å². The molecule has 0 aliphatic heterocycles. The molecular formula is C17H20N2O2. The van der Waals surface area contributed by atoms with Crippen molar-refractivity contribution in [2.75, 3.05) is 6.54 Å². The highest BCUT2D eigenvalue weighted by atomic mass is 16.3. The summed E-state index contributed by atoms with van der Waals surface area (Å²) in [5.41, 5.74) is 2.09. The van der Waals surface area contributed by atoms with Gasteiger partial charge in [-0.15, -0.1) is 0 Å². The van der Waals surface area contributed by atoms with Crippen LogP contribution in [0.4, 0.5) is 4.79 Å². The van der Waals surface area contributed by atoms with Crippen molar-refractivity contribution in [1.82, 2.24) is 10.6 Å². The molecule has 0 aliphatic rings. The molecule has 0 aromatic heterocycles. The largest absolute Gasteiger partial charge is 0.391 e. The first-order chi connectivity index (χ1) is 10.2. The highest BCUT2D eigenvalue weighted by molar-refractivity contribution is 5.73. The fourth-order valence-corrected chi connectivity index (χ4v) is 2.01. The lowest BCUT2D eigenvalue weighted by molar-refractivity contribution is 0.170. The van der Waals surface area contributed by atoms with E-state index in [1.54, 1.807) is 0 Å². The van der Waals surface area contributed by atoms with Gasteiger partial charge in [-0.1, -0.05) is 60.7 Å². The van der Waals surface area contributed by atoms with Gasteiger partial charge in [0, 0.05) is 19.5 Å². The number of hydrogen-bond acceptors (Lipinski definition) is 2. The van der Waals surface area contributed by atoms with E-state index in [0.29, 0.717) is 13.0 Å². The number of urea groups is 1. The van der Waals surface area contributed by atoms with E-state index in [1.807, 2.05) is 60.7 Å². The van der Waals surface area contributed by atoms with Crippen LogP contribution in [-0.2, 0) is 13.0 Å². The highest BCUT2D eigenvalue weighted by Gasteiger charge is 2.07. The van der Waals surface area contributed by atoms with Crippen molar-refractivity contribution in [3.8, 4) is 0 Å².